The van der Waals surface area contributed by atoms with Crippen molar-refractivity contribution in [2.24, 2.45) is 0 Å². The highest BCUT2D eigenvalue weighted by Crippen LogP contribution is 2.17. The lowest BCUT2D eigenvalue weighted by molar-refractivity contribution is -0.167. The Kier molecular flexibility index (Phi) is 63.3. The lowest BCUT2D eigenvalue weighted by atomic mass is 10.0. The fraction of sp³-hybridized carbons (Fsp3) is 0.712. The van der Waals surface area contributed by atoms with Crippen LogP contribution in [0.5, 0.6) is 0 Å². The van der Waals surface area contributed by atoms with Crippen LogP contribution in [0, 0.1) is 0 Å². The number of hydrogen-bond acceptors (Lipinski definition) is 6. The van der Waals surface area contributed by atoms with Crippen molar-refractivity contribution in [3.63, 3.8) is 0 Å². The maximum Gasteiger partial charge on any atom is 0.306 e. The van der Waals surface area contributed by atoms with Crippen LogP contribution in [0.25, 0.3) is 0 Å². The predicted molar refractivity (Wildman–Crippen MR) is 343 cm³/mol. The van der Waals surface area contributed by atoms with Crippen molar-refractivity contribution in [2.75, 3.05) is 13.2 Å². The van der Waals surface area contributed by atoms with E-state index in [1.807, 2.05) is 0 Å². The van der Waals surface area contributed by atoms with Crippen LogP contribution < -0.4 is 0 Å². The van der Waals surface area contributed by atoms with Gasteiger partial charge in [0.2, 0.25) is 0 Å². The zero-order valence-corrected chi connectivity index (χ0v) is 51.9. The molecule has 0 aromatic heterocycles. The molecule has 6 heteroatoms. The number of hydrogen-bond donors (Lipinski definition) is 0. The smallest absolute Gasteiger partial charge is 0.306 e. The Labute approximate surface area is 489 Å². The van der Waals surface area contributed by atoms with Crippen molar-refractivity contribution < 1.29 is 28.6 Å². The van der Waals surface area contributed by atoms with Gasteiger partial charge in [-0.3, -0.25) is 14.4 Å². The Morgan fingerprint density at radius 3 is 0.797 bits per heavy atom. The number of allylic oxidation sites excluding steroid dienone is 18. The predicted octanol–water partition coefficient (Wildman–Crippen LogP) is 23.0. The van der Waals surface area contributed by atoms with Gasteiger partial charge in [0.15, 0.2) is 6.10 Å². The molecule has 79 heavy (non-hydrogen) atoms. The third kappa shape index (κ3) is 64.8. The van der Waals surface area contributed by atoms with E-state index in [1.54, 1.807) is 0 Å². The van der Waals surface area contributed by atoms with Gasteiger partial charge in [-0.05, 0) is 103 Å². The lowest BCUT2D eigenvalue weighted by Crippen LogP contribution is -2.30. The van der Waals surface area contributed by atoms with Crippen molar-refractivity contribution >= 4 is 17.9 Å². The first-order valence-electron chi connectivity index (χ1n) is 33.4. The molecule has 1 atom stereocenters. The van der Waals surface area contributed by atoms with Gasteiger partial charge in [0, 0.05) is 19.3 Å². The zero-order chi connectivity index (χ0) is 57.1. The van der Waals surface area contributed by atoms with E-state index in [1.165, 1.54) is 141 Å². The van der Waals surface area contributed by atoms with Gasteiger partial charge in [-0.25, -0.2) is 0 Å². The Balaban J connectivity index is 4.39. The highest BCUT2D eigenvalue weighted by molar-refractivity contribution is 5.71. The van der Waals surface area contributed by atoms with E-state index in [4.69, 9.17) is 14.2 Å². The molecule has 0 aliphatic heterocycles. The molecule has 0 fully saturated rings. The number of esters is 3. The van der Waals surface area contributed by atoms with E-state index in [0.29, 0.717) is 19.3 Å². The molecular formula is C73H124O6. The molecule has 6 nitrogen and oxygen atoms in total. The van der Waals surface area contributed by atoms with Crippen LogP contribution >= 0.6 is 0 Å². The Hall–Kier alpha value is -3.93. The van der Waals surface area contributed by atoms with Crippen LogP contribution in [0.3, 0.4) is 0 Å². The third-order valence-electron chi connectivity index (χ3n) is 14.3. The van der Waals surface area contributed by atoms with Crippen molar-refractivity contribution in [2.45, 2.75) is 322 Å². The topological polar surface area (TPSA) is 78.9 Å². The van der Waals surface area contributed by atoms with Crippen molar-refractivity contribution in [1.29, 1.82) is 0 Å². The number of carbonyl (C=O) groups excluding carboxylic acids is 3. The minimum Gasteiger partial charge on any atom is -0.462 e. The third-order valence-corrected chi connectivity index (χ3v) is 14.3. The van der Waals surface area contributed by atoms with Gasteiger partial charge >= 0.3 is 17.9 Å². The molecule has 0 radical (unpaired) electrons. The highest BCUT2D eigenvalue weighted by Gasteiger charge is 2.19. The molecule has 0 aromatic carbocycles. The van der Waals surface area contributed by atoms with E-state index in [2.05, 4.69) is 130 Å². The van der Waals surface area contributed by atoms with Crippen LogP contribution in [0.15, 0.2) is 109 Å². The quantitative estimate of drug-likeness (QED) is 0.0261. The molecule has 0 N–H and O–H groups in total. The zero-order valence-electron chi connectivity index (χ0n) is 51.9. The average molecular weight is 1100 g/mol. The van der Waals surface area contributed by atoms with Crippen molar-refractivity contribution in [3.05, 3.63) is 109 Å². The maximum absolute atomic E-state index is 12.9. The van der Waals surface area contributed by atoms with Crippen molar-refractivity contribution in [3.8, 4) is 0 Å². The molecule has 0 saturated heterocycles. The SMILES string of the molecule is CC/C=C\C/C=C\C/C=C\C/C=C\C/C=C\C/C=C\CCCCC(=O)OC(COC(=O)CCCCCCC/C=C\C/C=C\C/C=C\CC)COC(=O)CCCCCCCCCCCCCCCCCCCCCCCCCCC. The van der Waals surface area contributed by atoms with Crippen LogP contribution in [0.4, 0.5) is 0 Å². The van der Waals surface area contributed by atoms with Crippen molar-refractivity contribution in [1.82, 2.24) is 0 Å². The molecule has 0 rings (SSSR count). The first-order chi connectivity index (χ1) is 39.0. The Morgan fingerprint density at radius 1 is 0.266 bits per heavy atom. The fourth-order valence-corrected chi connectivity index (χ4v) is 9.35. The lowest BCUT2D eigenvalue weighted by Gasteiger charge is -2.18. The summed E-state index contributed by atoms with van der Waals surface area (Å²) in [6.07, 6.45) is 91.1. The second-order valence-electron chi connectivity index (χ2n) is 22.0. The summed E-state index contributed by atoms with van der Waals surface area (Å²) in [5, 5.41) is 0. The van der Waals surface area contributed by atoms with Gasteiger partial charge in [-0.15, -0.1) is 0 Å². The number of ether oxygens (including phenoxy) is 3. The minimum atomic E-state index is -0.811. The van der Waals surface area contributed by atoms with Gasteiger partial charge in [-0.2, -0.15) is 0 Å². The molecule has 0 aliphatic carbocycles. The summed E-state index contributed by atoms with van der Waals surface area (Å²) in [6, 6.07) is 0. The molecule has 0 aromatic rings. The summed E-state index contributed by atoms with van der Waals surface area (Å²) in [5.41, 5.74) is 0. The molecule has 0 spiro atoms. The van der Waals surface area contributed by atoms with E-state index in [9.17, 15) is 14.4 Å². The summed E-state index contributed by atoms with van der Waals surface area (Å²) < 4.78 is 16.9. The standard InChI is InChI=1S/C73H124O6/c1-4-7-10-13-16-19-22-25-28-30-32-34-35-36-37-39-40-42-45-48-51-54-57-60-63-66-72(75)78-69-70(68-77-71(74)65-62-59-56-53-50-47-44-27-24-21-18-15-12-9-6-3)79-73(76)67-64-61-58-55-52-49-46-43-41-38-33-31-29-26-23-20-17-14-11-8-5-2/h8-9,11-12,17-18,20-21,26-27,29,33,38,43-44,46,52,55,70H,4-7,10,13-16,19,22-25,28,30-32,34-37,39-42,45,47-51,53-54,56-69H2,1-3H3/b11-8-,12-9-,20-17-,21-18-,29-26-,38-33-,44-27-,46-43-,55-52-. The highest BCUT2D eigenvalue weighted by atomic mass is 16.6. The second kappa shape index (κ2) is 66.6. The Bertz CT molecular complexity index is 1590. The van der Waals surface area contributed by atoms with Crippen LogP contribution in [0.1, 0.15) is 316 Å². The number of carbonyl (C=O) groups is 3. The van der Waals surface area contributed by atoms with Gasteiger partial charge in [0.05, 0.1) is 0 Å². The van der Waals surface area contributed by atoms with E-state index in [-0.39, 0.29) is 37.5 Å². The largest absolute Gasteiger partial charge is 0.462 e. The van der Waals surface area contributed by atoms with Gasteiger partial charge in [-0.1, -0.05) is 304 Å². The number of unbranched alkanes of at least 4 members (excludes halogenated alkanes) is 31. The monoisotopic (exact) mass is 1100 g/mol. The van der Waals surface area contributed by atoms with Crippen LogP contribution in [0.2, 0.25) is 0 Å². The van der Waals surface area contributed by atoms with Gasteiger partial charge < -0.3 is 14.2 Å². The minimum absolute atomic E-state index is 0.100. The molecule has 0 amide bonds. The van der Waals surface area contributed by atoms with Crippen LogP contribution in [-0.2, 0) is 28.6 Å². The van der Waals surface area contributed by atoms with Crippen LogP contribution in [-0.4, -0.2) is 37.2 Å². The molecule has 1 unspecified atom stereocenters. The molecule has 452 valence electrons. The molecule has 0 bridgehead atoms. The molecule has 0 aliphatic rings. The maximum atomic E-state index is 12.9. The second-order valence-corrected chi connectivity index (χ2v) is 22.0. The normalized spacial score (nSPS) is 12.8. The first kappa shape index (κ1) is 75.1. The summed E-state index contributed by atoms with van der Waals surface area (Å²) in [7, 11) is 0. The summed E-state index contributed by atoms with van der Waals surface area (Å²) in [4.78, 5) is 38.4. The van der Waals surface area contributed by atoms with E-state index in [0.717, 1.165) is 128 Å². The fourth-order valence-electron chi connectivity index (χ4n) is 9.35. The first-order valence-corrected chi connectivity index (χ1v) is 33.4. The van der Waals surface area contributed by atoms with E-state index < -0.39 is 6.10 Å². The Morgan fingerprint density at radius 2 is 0.494 bits per heavy atom. The summed E-state index contributed by atoms with van der Waals surface area (Å²) in [6.45, 7) is 6.40. The van der Waals surface area contributed by atoms with Gasteiger partial charge in [0.25, 0.3) is 0 Å². The summed E-state index contributed by atoms with van der Waals surface area (Å²) >= 11 is 0. The van der Waals surface area contributed by atoms with E-state index >= 15 is 0 Å². The average Bonchev–Trinajstić information content (AvgIpc) is 3.45. The van der Waals surface area contributed by atoms with Gasteiger partial charge in [0.1, 0.15) is 13.2 Å². The number of rotatable bonds is 60. The summed E-state index contributed by atoms with van der Waals surface area (Å²) in [5.74, 6) is -0.952. The molecular weight excluding hydrogens is 973 g/mol. The molecule has 0 heterocycles. The molecule has 0 saturated carbocycles.